The molecular formula is C15H20O2. The van der Waals surface area contributed by atoms with Crippen molar-refractivity contribution in [1.29, 1.82) is 0 Å². The van der Waals surface area contributed by atoms with E-state index in [0.717, 1.165) is 19.0 Å². The Morgan fingerprint density at radius 3 is 2.18 bits per heavy atom. The molecule has 0 bridgehead atoms. The molecule has 0 fully saturated rings. The van der Waals surface area contributed by atoms with Gasteiger partial charge in [0, 0.05) is 6.61 Å². The summed E-state index contributed by atoms with van der Waals surface area (Å²) in [7, 11) is 0. The molecule has 0 saturated heterocycles. The van der Waals surface area contributed by atoms with Gasteiger partial charge in [0.1, 0.15) is 5.76 Å². The van der Waals surface area contributed by atoms with Crippen molar-refractivity contribution in [2.24, 2.45) is 0 Å². The van der Waals surface area contributed by atoms with Gasteiger partial charge >= 0.3 is 0 Å². The second-order valence-corrected chi connectivity index (χ2v) is 3.78. The van der Waals surface area contributed by atoms with E-state index < -0.39 is 0 Å². The number of benzene rings is 1. The molecule has 0 unspecified atom stereocenters. The number of hydrogen-bond acceptors (Lipinski definition) is 2. The lowest BCUT2D eigenvalue weighted by molar-refractivity contribution is 0.134. The Balaban J connectivity index is 0.000000181. The summed E-state index contributed by atoms with van der Waals surface area (Å²) in [6.07, 6.45) is 1.70. The normalized spacial score (nSPS) is 9.59. The molecule has 0 N–H and O–H groups in total. The van der Waals surface area contributed by atoms with Crippen LogP contribution in [0.25, 0.3) is 0 Å². The fraction of sp³-hybridized carbons (Fsp3) is 0.333. The first-order valence-corrected chi connectivity index (χ1v) is 5.86. The van der Waals surface area contributed by atoms with Gasteiger partial charge in [-0.3, -0.25) is 0 Å². The Bertz CT molecular complexity index is 387. The third-order valence-corrected chi connectivity index (χ3v) is 2.43. The molecule has 2 rings (SSSR count). The second kappa shape index (κ2) is 7.69. The van der Waals surface area contributed by atoms with Crippen molar-refractivity contribution in [3.8, 4) is 0 Å². The third kappa shape index (κ3) is 5.36. The van der Waals surface area contributed by atoms with E-state index in [0.29, 0.717) is 0 Å². The zero-order valence-electron chi connectivity index (χ0n) is 10.8. The maximum absolute atomic E-state index is 5.22. The van der Waals surface area contributed by atoms with E-state index in [-0.39, 0.29) is 0 Å². The average Bonchev–Trinajstić information content (AvgIpc) is 2.73. The highest BCUT2D eigenvalue weighted by molar-refractivity contribution is 5.13. The van der Waals surface area contributed by atoms with Gasteiger partial charge in [0.25, 0.3) is 0 Å². The van der Waals surface area contributed by atoms with Crippen LogP contribution in [0.3, 0.4) is 0 Å². The van der Waals surface area contributed by atoms with Gasteiger partial charge in [-0.05, 0) is 38.0 Å². The Labute approximate surface area is 103 Å². The molecule has 0 spiro atoms. The standard InChI is InChI=1S/C9H12O.C6H8O/c1-2-10-8-9-6-4-3-5-7-9;1-5-3-4-7-6(5)2/h3-7H,2,8H2,1H3;3-4H,1-2H3. The van der Waals surface area contributed by atoms with E-state index in [9.17, 15) is 0 Å². The first-order chi connectivity index (χ1) is 8.24. The predicted molar refractivity (Wildman–Crippen MR) is 70.0 cm³/mol. The fourth-order valence-electron chi connectivity index (χ4n) is 1.24. The molecule has 0 aliphatic heterocycles. The Morgan fingerprint density at radius 2 is 1.76 bits per heavy atom. The van der Waals surface area contributed by atoms with Gasteiger partial charge in [-0.1, -0.05) is 30.3 Å². The van der Waals surface area contributed by atoms with Crippen LogP contribution in [0.2, 0.25) is 0 Å². The van der Waals surface area contributed by atoms with Crippen molar-refractivity contribution in [3.63, 3.8) is 0 Å². The van der Waals surface area contributed by atoms with E-state index in [2.05, 4.69) is 12.1 Å². The Hall–Kier alpha value is -1.54. The van der Waals surface area contributed by atoms with Gasteiger partial charge in [-0.15, -0.1) is 0 Å². The largest absolute Gasteiger partial charge is 0.469 e. The topological polar surface area (TPSA) is 22.4 Å². The van der Waals surface area contributed by atoms with Crippen LogP contribution in [0.15, 0.2) is 47.1 Å². The number of ether oxygens (including phenoxy) is 1. The SMILES string of the molecule is CCOCc1ccccc1.Cc1ccoc1C. The van der Waals surface area contributed by atoms with Crippen LogP contribution < -0.4 is 0 Å². The Morgan fingerprint density at radius 1 is 1.06 bits per heavy atom. The lowest BCUT2D eigenvalue weighted by atomic mass is 10.2. The summed E-state index contributed by atoms with van der Waals surface area (Å²) >= 11 is 0. The number of rotatable bonds is 3. The van der Waals surface area contributed by atoms with Crippen molar-refractivity contribution in [3.05, 3.63) is 59.5 Å². The molecule has 1 aromatic carbocycles. The van der Waals surface area contributed by atoms with Crippen molar-refractivity contribution < 1.29 is 9.15 Å². The summed E-state index contributed by atoms with van der Waals surface area (Å²) < 4.78 is 10.2. The van der Waals surface area contributed by atoms with Crippen LogP contribution in [-0.2, 0) is 11.3 Å². The number of aryl methyl sites for hydroxylation is 2. The lowest BCUT2D eigenvalue weighted by Gasteiger charge is -1.98. The van der Waals surface area contributed by atoms with Crippen molar-refractivity contribution in [1.82, 2.24) is 0 Å². The molecule has 0 amide bonds. The summed E-state index contributed by atoms with van der Waals surface area (Å²) in [5.74, 6) is 1.01. The van der Waals surface area contributed by atoms with E-state index in [1.807, 2.05) is 45.0 Å². The first kappa shape index (κ1) is 13.5. The van der Waals surface area contributed by atoms with Crippen molar-refractivity contribution in [2.45, 2.75) is 27.4 Å². The van der Waals surface area contributed by atoms with E-state index >= 15 is 0 Å². The van der Waals surface area contributed by atoms with E-state index in [4.69, 9.17) is 9.15 Å². The van der Waals surface area contributed by atoms with E-state index in [1.54, 1.807) is 6.26 Å². The zero-order chi connectivity index (χ0) is 12.5. The number of hydrogen-bond donors (Lipinski definition) is 0. The lowest BCUT2D eigenvalue weighted by Crippen LogP contribution is -1.90. The molecule has 0 saturated carbocycles. The van der Waals surface area contributed by atoms with Crippen LogP contribution in [0.1, 0.15) is 23.8 Å². The van der Waals surface area contributed by atoms with Gasteiger partial charge < -0.3 is 9.15 Å². The van der Waals surface area contributed by atoms with Crippen LogP contribution in [0, 0.1) is 13.8 Å². The highest BCUT2D eigenvalue weighted by Crippen LogP contribution is 2.04. The quantitative estimate of drug-likeness (QED) is 0.794. The van der Waals surface area contributed by atoms with Crippen LogP contribution >= 0.6 is 0 Å². The third-order valence-electron chi connectivity index (χ3n) is 2.43. The van der Waals surface area contributed by atoms with Crippen LogP contribution in [0.5, 0.6) is 0 Å². The van der Waals surface area contributed by atoms with Gasteiger partial charge in [0.05, 0.1) is 12.9 Å². The minimum Gasteiger partial charge on any atom is -0.469 e. The zero-order valence-corrected chi connectivity index (χ0v) is 10.8. The maximum atomic E-state index is 5.22. The highest BCUT2D eigenvalue weighted by atomic mass is 16.5. The average molecular weight is 232 g/mol. The van der Waals surface area contributed by atoms with Crippen molar-refractivity contribution in [2.75, 3.05) is 6.61 Å². The molecule has 0 atom stereocenters. The smallest absolute Gasteiger partial charge is 0.103 e. The summed E-state index contributed by atoms with van der Waals surface area (Å²) in [5.41, 5.74) is 2.46. The molecule has 0 radical (unpaired) electrons. The van der Waals surface area contributed by atoms with Crippen molar-refractivity contribution >= 4 is 0 Å². The molecule has 2 aromatic rings. The predicted octanol–water partition coefficient (Wildman–Crippen LogP) is 4.12. The van der Waals surface area contributed by atoms with Crippen LogP contribution in [0.4, 0.5) is 0 Å². The molecule has 0 aliphatic carbocycles. The molecule has 1 aromatic heterocycles. The molecule has 0 aliphatic rings. The van der Waals surface area contributed by atoms with Gasteiger partial charge in [-0.2, -0.15) is 0 Å². The maximum Gasteiger partial charge on any atom is 0.103 e. The molecule has 2 heteroatoms. The summed E-state index contributed by atoms with van der Waals surface area (Å²) in [6.45, 7) is 7.50. The molecule has 92 valence electrons. The Kier molecular flexibility index (Phi) is 6.12. The summed E-state index contributed by atoms with van der Waals surface area (Å²) in [5, 5.41) is 0. The monoisotopic (exact) mass is 232 g/mol. The summed E-state index contributed by atoms with van der Waals surface area (Å²) in [4.78, 5) is 0. The van der Waals surface area contributed by atoms with E-state index in [1.165, 1.54) is 11.1 Å². The second-order valence-electron chi connectivity index (χ2n) is 3.78. The fourth-order valence-corrected chi connectivity index (χ4v) is 1.24. The number of furan rings is 1. The van der Waals surface area contributed by atoms with Gasteiger partial charge in [0.2, 0.25) is 0 Å². The molecule has 1 heterocycles. The van der Waals surface area contributed by atoms with Gasteiger partial charge in [0.15, 0.2) is 0 Å². The molecule has 17 heavy (non-hydrogen) atoms. The molecule has 2 nitrogen and oxygen atoms in total. The van der Waals surface area contributed by atoms with Gasteiger partial charge in [-0.25, -0.2) is 0 Å². The highest BCUT2D eigenvalue weighted by Gasteiger charge is 1.89. The summed E-state index contributed by atoms with van der Waals surface area (Å²) in [6, 6.07) is 12.1. The first-order valence-electron chi connectivity index (χ1n) is 5.86. The minimum absolute atomic E-state index is 0.733. The van der Waals surface area contributed by atoms with Crippen LogP contribution in [-0.4, -0.2) is 6.61 Å². The minimum atomic E-state index is 0.733. The molecular weight excluding hydrogens is 212 g/mol.